The third-order valence-electron chi connectivity index (χ3n) is 1.62. The highest BCUT2D eigenvalue weighted by Crippen LogP contribution is 2.00. The molecular weight excluding hydrogens is 154 g/mol. The lowest BCUT2D eigenvalue weighted by atomic mass is 10.2. The summed E-state index contributed by atoms with van der Waals surface area (Å²) in [6, 6.07) is 0. The summed E-state index contributed by atoms with van der Waals surface area (Å²) in [5, 5.41) is 0. The van der Waals surface area contributed by atoms with E-state index in [1.807, 2.05) is 13.8 Å². The van der Waals surface area contributed by atoms with Gasteiger partial charge in [0.15, 0.2) is 0 Å². The fraction of sp³-hybridized carbons (Fsp3) is 0.667. The summed E-state index contributed by atoms with van der Waals surface area (Å²) in [7, 11) is 0. The van der Waals surface area contributed by atoms with Gasteiger partial charge in [-0.15, -0.1) is 0 Å². The maximum atomic E-state index is 10.9. The van der Waals surface area contributed by atoms with E-state index < -0.39 is 0 Å². The van der Waals surface area contributed by atoms with E-state index >= 15 is 0 Å². The van der Waals surface area contributed by atoms with Gasteiger partial charge in [-0.25, -0.2) is 5.48 Å². The number of carbonyl (C=O) groups excluding carboxylic acids is 1. The summed E-state index contributed by atoms with van der Waals surface area (Å²) in [4.78, 5) is 16.0. The topological polar surface area (TPSA) is 38.3 Å². The molecule has 0 aliphatic carbocycles. The molecule has 0 radical (unpaired) electrons. The summed E-state index contributed by atoms with van der Waals surface area (Å²) < 4.78 is 0. The molecule has 0 heterocycles. The number of rotatable bonds is 5. The summed E-state index contributed by atoms with van der Waals surface area (Å²) in [5.41, 5.74) is 2.80. The molecule has 3 nitrogen and oxygen atoms in total. The third-order valence-corrected chi connectivity index (χ3v) is 1.62. The van der Waals surface area contributed by atoms with Crippen LogP contribution >= 0.6 is 0 Å². The van der Waals surface area contributed by atoms with Gasteiger partial charge in [-0.1, -0.05) is 20.4 Å². The summed E-state index contributed by atoms with van der Waals surface area (Å²) in [6.45, 7) is 9.17. The lowest BCUT2D eigenvalue weighted by Gasteiger charge is -2.13. The summed E-state index contributed by atoms with van der Waals surface area (Å²) >= 11 is 0. The second-order valence-corrected chi connectivity index (χ2v) is 2.77. The van der Waals surface area contributed by atoms with E-state index in [-0.39, 0.29) is 12.0 Å². The number of hydrogen-bond donors (Lipinski definition) is 1. The van der Waals surface area contributed by atoms with Gasteiger partial charge in [0.1, 0.15) is 0 Å². The fourth-order valence-corrected chi connectivity index (χ4v) is 0.679. The van der Waals surface area contributed by atoms with Crippen LogP contribution in [0.25, 0.3) is 0 Å². The number of hydrogen-bond acceptors (Lipinski definition) is 2. The molecule has 0 saturated heterocycles. The average molecular weight is 171 g/mol. The van der Waals surface area contributed by atoms with Crippen LogP contribution in [0.5, 0.6) is 0 Å². The van der Waals surface area contributed by atoms with Crippen molar-refractivity contribution in [3.05, 3.63) is 12.2 Å². The smallest absolute Gasteiger partial charge is 0.269 e. The first kappa shape index (κ1) is 11.2. The van der Waals surface area contributed by atoms with E-state index in [1.54, 1.807) is 6.92 Å². The van der Waals surface area contributed by atoms with Crippen LogP contribution in [0.2, 0.25) is 0 Å². The van der Waals surface area contributed by atoms with Gasteiger partial charge >= 0.3 is 0 Å². The lowest BCUT2D eigenvalue weighted by molar-refractivity contribution is -0.134. The van der Waals surface area contributed by atoms with E-state index in [9.17, 15) is 4.79 Å². The van der Waals surface area contributed by atoms with Crippen molar-refractivity contribution in [1.82, 2.24) is 5.48 Å². The van der Waals surface area contributed by atoms with Crippen LogP contribution < -0.4 is 5.48 Å². The molecule has 3 heteroatoms. The minimum atomic E-state index is -0.248. The Bertz CT molecular complexity index is 162. The van der Waals surface area contributed by atoms with Crippen molar-refractivity contribution < 1.29 is 9.63 Å². The van der Waals surface area contributed by atoms with E-state index in [0.717, 1.165) is 12.8 Å². The molecule has 0 spiro atoms. The Balaban J connectivity index is 3.66. The van der Waals surface area contributed by atoms with Crippen molar-refractivity contribution in [1.29, 1.82) is 0 Å². The van der Waals surface area contributed by atoms with E-state index in [4.69, 9.17) is 4.84 Å². The van der Waals surface area contributed by atoms with Crippen LogP contribution in [0.15, 0.2) is 12.2 Å². The van der Waals surface area contributed by atoms with Crippen LogP contribution in [-0.2, 0) is 9.63 Å². The molecule has 0 aromatic rings. The first-order valence-corrected chi connectivity index (χ1v) is 4.23. The zero-order valence-electron chi connectivity index (χ0n) is 8.02. The molecule has 70 valence electrons. The zero-order valence-corrected chi connectivity index (χ0v) is 8.02. The van der Waals surface area contributed by atoms with Gasteiger partial charge in [-0.05, 0) is 19.8 Å². The van der Waals surface area contributed by atoms with Crippen LogP contribution in [0.3, 0.4) is 0 Å². The van der Waals surface area contributed by atoms with Crippen molar-refractivity contribution in [2.24, 2.45) is 0 Å². The maximum absolute atomic E-state index is 10.9. The Kier molecular flexibility index (Phi) is 5.37. The molecule has 0 fully saturated rings. The normalized spacial score (nSPS) is 10.0. The number of nitrogens with one attached hydrogen (secondary N) is 1. The molecule has 1 amide bonds. The first-order chi connectivity index (χ1) is 5.61. The average Bonchev–Trinajstić information content (AvgIpc) is 2.05. The Morgan fingerprint density at radius 1 is 1.50 bits per heavy atom. The van der Waals surface area contributed by atoms with Crippen LogP contribution in [0.1, 0.15) is 33.6 Å². The quantitative estimate of drug-likeness (QED) is 0.506. The highest BCUT2D eigenvalue weighted by atomic mass is 16.7. The van der Waals surface area contributed by atoms with Crippen LogP contribution in [0.4, 0.5) is 0 Å². The predicted octanol–water partition coefficient (Wildman–Crippen LogP) is 1.80. The van der Waals surface area contributed by atoms with E-state index in [2.05, 4.69) is 12.1 Å². The molecule has 0 aliphatic rings. The van der Waals surface area contributed by atoms with Crippen molar-refractivity contribution >= 4 is 5.91 Å². The van der Waals surface area contributed by atoms with Crippen molar-refractivity contribution in [2.45, 2.75) is 39.7 Å². The molecule has 0 aromatic carbocycles. The van der Waals surface area contributed by atoms with Gasteiger partial charge in [0.25, 0.3) is 5.91 Å². The largest absolute Gasteiger partial charge is 0.270 e. The lowest BCUT2D eigenvalue weighted by Crippen LogP contribution is -2.29. The molecule has 0 unspecified atom stereocenters. The minimum absolute atomic E-state index is 0.105. The first-order valence-electron chi connectivity index (χ1n) is 4.23. The van der Waals surface area contributed by atoms with E-state index in [1.165, 1.54) is 0 Å². The van der Waals surface area contributed by atoms with Crippen LogP contribution in [0, 0.1) is 0 Å². The molecule has 12 heavy (non-hydrogen) atoms. The van der Waals surface area contributed by atoms with Gasteiger partial charge < -0.3 is 0 Å². The molecule has 0 rings (SSSR count). The van der Waals surface area contributed by atoms with Gasteiger partial charge in [-0.3, -0.25) is 9.63 Å². The van der Waals surface area contributed by atoms with Gasteiger partial charge in [0, 0.05) is 5.57 Å². The maximum Gasteiger partial charge on any atom is 0.269 e. The molecular formula is C9H17NO2. The highest BCUT2D eigenvalue weighted by Gasteiger charge is 2.06. The SMILES string of the molecule is C=C(C)C(=O)NOC(CC)CC. The predicted molar refractivity (Wildman–Crippen MR) is 48.4 cm³/mol. The highest BCUT2D eigenvalue weighted by molar-refractivity contribution is 5.91. The summed E-state index contributed by atoms with van der Waals surface area (Å²) in [5.74, 6) is -0.248. The fourth-order valence-electron chi connectivity index (χ4n) is 0.679. The second kappa shape index (κ2) is 5.77. The molecule has 0 bridgehead atoms. The summed E-state index contributed by atoms with van der Waals surface area (Å²) in [6.07, 6.45) is 1.90. The zero-order chi connectivity index (χ0) is 9.56. The number of carbonyl (C=O) groups is 1. The molecule has 0 saturated carbocycles. The Morgan fingerprint density at radius 2 is 2.00 bits per heavy atom. The number of hydroxylamine groups is 1. The second-order valence-electron chi connectivity index (χ2n) is 2.77. The molecule has 1 N–H and O–H groups in total. The van der Waals surface area contributed by atoms with Gasteiger partial charge in [-0.2, -0.15) is 0 Å². The van der Waals surface area contributed by atoms with Crippen molar-refractivity contribution in [3.8, 4) is 0 Å². The van der Waals surface area contributed by atoms with Crippen LogP contribution in [-0.4, -0.2) is 12.0 Å². The van der Waals surface area contributed by atoms with Gasteiger partial charge in [0.05, 0.1) is 6.10 Å². The Hall–Kier alpha value is -0.830. The minimum Gasteiger partial charge on any atom is -0.270 e. The van der Waals surface area contributed by atoms with E-state index in [0.29, 0.717) is 5.57 Å². The molecule has 0 aliphatic heterocycles. The van der Waals surface area contributed by atoms with Gasteiger partial charge in [0.2, 0.25) is 0 Å². The molecule has 0 atom stereocenters. The standard InChI is InChI=1S/C9H17NO2/c1-5-8(6-2)12-10-9(11)7(3)4/h8H,3,5-6H2,1-2,4H3,(H,10,11). The third kappa shape index (κ3) is 4.13. The molecule has 0 aromatic heterocycles. The monoisotopic (exact) mass is 171 g/mol. The Morgan fingerprint density at radius 3 is 2.33 bits per heavy atom. The Labute approximate surface area is 73.7 Å². The van der Waals surface area contributed by atoms with Crippen molar-refractivity contribution in [2.75, 3.05) is 0 Å². The number of amides is 1. The van der Waals surface area contributed by atoms with Crippen molar-refractivity contribution in [3.63, 3.8) is 0 Å².